The third-order valence-corrected chi connectivity index (χ3v) is 2.64. The topological polar surface area (TPSA) is 46.2 Å². The Morgan fingerprint density at radius 1 is 1.14 bits per heavy atom. The van der Waals surface area contributed by atoms with Crippen molar-refractivity contribution in [3.63, 3.8) is 0 Å². The zero-order valence-corrected chi connectivity index (χ0v) is 8.45. The van der Waals surface area contributed by atoms with Crippen LogP contribution in [0.3, 0.4) is 0 Å². The van der Waals surface area contributed by atoms with Crippen molar-refractivity contribution in [1.82, 2.24) is 0 Å². The SMILES string of the molecule is O=C1CNc2c(Cl)ccc(Cl)c2C1=O. The molecular weight excluding hydrogens is 225 g/mol. The highest BCUT2D eigenvalue weighted by Crippen LogP contribution is 2.34. The number of hydrogen-bond donors (Lipinski definition) is 1. The summed E-state index contributed by atoms with van der Waals surface area (Å²) in [4.78, 5) is 22.6. The molecule has 1 aliphatic heterocycles. The zero-order chi connectivity index (χ0) is 10.3. The molecule has 1 N–H and O–H groups in total. The lowest BCUT2D eigenvalue weighted by Gasteiger charge is -2.17. The van der Waals surface area contributed by atoms with Gasteiger partial charge in [0.2, 0.25) is 11.6 Å². The summed E-state index contributed by atoms with van der Waals surface area (Å²) in [6.07, 6.45) is 0. The smallest absolute Gasteiger partial charge is 0.234 e. The predicted octanol–water partition coefficient (Wildman–Crippen LogP) is 2.17. The first-order chi connectivity index (χ1) is 6.61. The molecule has 0 aliphatic carbocycles. The van der Waals surface area contributed by atoms with Crippen molar-refractivity contribution < 1.29 is 9.59 Å². The van der Waals surface area contributed by atoms with Gasteiger partial charge in [0, 0.05) is 0 Å². The van der Waals surface area contributed by atoms with E-state index in [0.717, 1.165) is 0 Å². The van der Waals surface area contributed by atoms with Gasteiger partial charge in [-0.25, -0.2) is 0 Å². The maximum Gasteiger partial charge on any atom is 0.234 e. The van der Waals surface area contributed by atoms with Gasteiger partial charge in [0.15, 0.2) is 0 Å². The summed E-state index contributed by atoms with van der Waals surface area (Å²) in [7, 11) is 0. The minimum atomic E-state index is -0.578. The number of nitrogens with one attached hydrogen (secondary N) is 1. The average molecular weight is 230 g/mol. The second kappa shape index (κ2) is 3.26. The van der Waals surface area contributed by atoms with Crippen LogP contribution < -0.4 is 5.32 Å². The fourth-order valence-electron chi connectivity index (χ4n) is 1.34. The standard InChI is InChI=1S/C9H5Cl2NO2/c10-4-1-2-5(11)8-7(4)9(14)6(13)3-12-8/h1-2,12H,3H2. The van der Waals surface area contributed by atoms with Crippen molar-refractivity contribution in [2.75, 3.05) is 11.9 Å². The normalized spacial score (nSPS) is 15.0. The molecule has 0 atom stereocenters. The molecule has 5 heteroatoms. The molecular formula is C9H5Cl2NO2. The number of fused-ring (bicyclic) bond motifs is 1. The highest BCUT2D eigenvalue weighted by molar-refractivity contribution is 6.52. The van der Waals surface area contributed by atoms with E-state index in [2.05, 4.69) is 5.32 Å². The number of carbonyl (C=O) groups excluding carboxylic acids is 2. The van der Waals surface area contributed by atoms with Gasteiger partial charge < -0.3 is 5.32 Å². The molecule has 0 fully saturated rings. The number of carbonyl (C=O) groups is 2. The van der Waals surface area contributed by atoms with E-state index in [1.165, 1.54) is 6.07 Å². The van der Waals surface area contributed by atoms with Crippen molar-refractivity contribution in [3.05, 3.63) is 27.7 Å². The Morgan fingerprint density at radius 3 is 2.50 bits per heavy atom. The molecule has 2 rings (SSSR count). The van der Waals surface area contributed by atoms with Gasteiger partial charge in [-0.1, -0.05) is 23.2 Å². The molecule has 0 saturated heterocycles. The van der Waals surface area contributed by atoms with Crippen LogP contribution in [-0.2, 0) is 4.79 Å². The third-order valence-electron chi connectivity index (χ3n) is 2.01. The number of benzene rings is 1. The Bertz CT molecular complexity index is 443. The van der Waals surface area contributed by atoms with Crippen LogP contribution in [0.15, 0.2) is 12.1 Å². The van der Waals surface area contributed by atoms with Crippen LogP contribution in [0.2, 0.25) is 10.0 Å². The molecule has 0 spiro atoms. The summed E-state index contributed by atoms with van der Waals surface area (Å²) < 4.78 is 0. The van der Waals surface area contributed by atoms with Gasteiger partial charge in [-0.15, -0.1) is 0 Å². The van der Waals surface area contributed by atoms with E-state index in [1.807, 2.05) is 0 Å². The highest BCUT2D eigenvalue weighted by Gasteiger charge is 2.28. The third kappa shape index (κ3) is 1.29. The lowest BCUT2D eigenvalue weighted by molar-refractivity contribution is -0.113. The van der Waals surface area contributed by atoms with Gasteiger partial charge in [-0.05, 0) is 12.1 Å². The van der Waals surface area contributed by atoms with E-state index in [9.17, 15) is 9.59 Å². The summed E-state index contributed by atoms with van der Waals surface area (Å²) in [5.41, 5.74) is 0.624. The predicted molar refractivity (Wildman–Crippen MR) is 54.3 cm³/mol. The minimum Gasteiger partial charge on any atom is -0.376 e. The van der Waals surface area contributed by atoms with E-state index < -0.39 is 11.6 Å². The Labute approximate surface area is 90.0 Å². The highest BCUT2D eigenvalue weighted by atomic mass is 35.5. The molecule has 1 aliphatic rings. The Balaban J connectivity index is 2.70. The Morgan fingerprint density at radius 2 is 1.79 bits per heavy atom. The second-order valence-electron chi connectivity index (χ2n) is 2.89. The van der Waals surface area contributed by atoms with E-state index >= 15 is 0 Å². The zero-order valence-electron chi connectivity index (χ0n) is 6.93. The molecule has 1 heterocycles. The van der Waals surface area contributed by atoms with Gasteiger partial charge in [0.1, 0.15) is 0 Å². The summed E-state index contributed by atoms with van der Waals surface area (Å²) in [5.74, 6) is -1.08. The Hall–Kier alpha value is -1.06. The summed E-state index contributed by atoms with van der Waals surface area (Å²) in [6.45, 7) is -0.0219. The van der Waals surface area contributed by atoms with Gasteiger partial charge in [-0.3, -0.25) is 9.59 Å². The molecule has 0 unspecified atom stereocenters. The van der Waals surface area contributed by atoms with E-state index in [4.69, 9.17) is 23.2 Å². The van der Waals surface area contributed by atoms with Gasteiger partial charge in [0.05, 0.1) is 27.8 Å². The maximum atomic E-state index is 11.5. The molecule has 0 bridgehead atoms. The van der Waals surface area contributed by atoms with Crippen LogP contribution in [0.25, 0.3) is 0 Å². The molecule has 0 saturated carbocycles. The average Bonchev–Trinajstić information content (AvgIpc) is 2.16. The van der Waals surface area contributed by atoms with Crippen LogP contribution >= 0.6 is 23.2 Å². The first-order valence-corrected chi connectivity index (χ1v) is 4.66. The fraction of sp³-hybridized carbons (Fsp3) is 0.111. The number of anilines is 1. The summed E-state index contributed by atoms with van der Waals surface area (Å²) in [6, 6.07) is 3.08. The number of Topliss-reactive ketones (excluding diaryl/α,β-unsaturated/α-hetero) is 2. The molecule has 14 heavy (non-hydrogen) atoms. The van der Waals surface area contributed by atoms with Crippen molar-refractivity contribution in [3.8, 4) is 0 Å². The molecule has 1 aromatic rings. The van der Waals surface area contributed by atoms with Crippen molar-refractivity contribution in [1.29, 1.82) is 0 Å². The number of halogens is 2. The summed E-state index contributed by atoms with van der Waals surface area (Å²) in [5, 5.41) is 3.40. The van der Waals surface area contributed by atoms with Crippen LogP contribution in [0, 0.1) is 0 Å². The molecule has 0 radical (unpaired) electrons. The van der Waals surface area contributed by atoms with Crippen LogP contribution in [0.5, 0.6) is 0 Å². The Kier molecular flexibility index (Phi) is 2.21. The van der Waals surface area contributed by atoms with Gasteiger partial charge in [-0.2, -0.15) is 0 Å². The van der Waals surface area contributed by atoms with Crippen molar-refractivity contribution >= 4 is 40.5 Å². The molecule has 1 aromatic carbocycles. The molecule has 3 nitrogen and oxygen atoms in total. The van der Waals surface area contributed by atoms with Crippen molar-refractivity contribution in [2.24, 2.45) is 0 Å². The lowest BCUT2D eigenvalue weighted by atomic mass is 10.0. The lowest BCUT2D eigenvalue weighted by Crippen LogP contribution is -2.30. The summed E-state index contributed by atoms with van der Waals surface area (Å²) >= 11 is 11.6. The molecule has 72 valence electrons. The molecule has 0 aromatic heterocycles. The van der Waals surface area contributed by atoms with Crippen molar-refractivity contribution in [2.45, 2.75) is 0 Å². The first-order valence-electron chi connectivity index (χ1n) is 3.90. The second-order valence-corrected chi connectivity index (χ2v) is 3.70. The van der Waals surface area contributed by atoms with E-state index in [0.29, 0.717) is 10.7 Å². The molecule has 0 amide bonds. The van der Waals surface area contributed by atoms with Crippen LogP contribution in [-0.4, -0.2) is 18.1 Å². The fourth-order valence-corrected chi connectivity index (χ4v) is 1.80. The van der Waals surface area contributed by atoms with E-state index in [1.54, 1.807) is 6.07 Å². The monoisotopic (exact) mass is 229 g/mol. The largest absolute Gasteiger partial charge is 0.376 e. The first kappa shape index (κ1) is 9.49. The van der Waals surface area contributed by atoms with E-state index in [-0.39, 0.29) is 17.1 Å². The number of hydrogen-bond acceptors (Lipinski definition) is 3. The maximum absolute atomic E-state index is 11.5. The van der Waals surface area contributed by atoms with Gasteiger partial charge in [0.25, 0.3) is 0 Å². The van der Waals surface area contributed by atoms with Crippen LogP contribution in [0.1, 0.15) is 10.4 Å². The quantitative estimate of drug-likeness (QED) is 0.694. The minimum absolute atomic E-state index is 0.0219. The van der Waals surface area contributed by atoms with Gasteiger partial charge >= 0.3 is 0 Å². The number of rotatable bonds is 0. The van der Waals surface area contributed by atoms with Crippen LogP contribution in [0.4, 0.5) is 5.69 Å². The number of ketones is 2.